The molecule has 2 aromatic carbocycles. The number of nitrogens with one attached hydrogen (secondary N) is 1. The highest BCUT2D eigenvalue weighted by Crippen LogP contribution is 2.36. The fourth-order valence-electron chi connectivity index (χ4n) is 3.15. The Morgan fingerprint density at radius 1 is 1.15 bits per heavy atom. The number of ether oxygens (including phenoxy) is 1. The predicted octanol–water partition coefficient (Wildman–Crippen LogP) is 3.98. The molecule has 0 saturated carbocycles. The number of fused-ring (bicyclic) bond motifs is 1. The largest absolute Gasteiger partial charge is 0.492 e. The van der Waals surface area contributed by atoms with Gasteiger partial charge >= 0.3 is 0 Å². The minimum atomic E-state index is -3.87. The van der Waals surface area contributed by atoms with Gasteiger partial charge in [-0.05, 0) is 44.5 Å². The van der Waals surface area contributed by atoms with Crippen LogP contribution < -0.4 is 10.1 Å². The first-order chi connectivity index (χ1) is 13.0. The Bertz CT molecular complexity index is 849. The van der Waals surface area contributed by atoms with Gasteiger partial charge in [0.25, 0.3) is 10.1 Å². The van der Waals surface area contributed by atoms with Gasteiger partial charge in [0.05, 0.1) is 4.90 Å². The molecule has 0 aliphatic carbocycles. The SMILES string of the molecule is CCCCN[C@@H]1COc2ccccc2[C@H](OS(=O)(=O)c2ccc(C)cc2)C1. The van der Waals surface area contributed by atoms with E-state index in [-0.39, 0.29) is 10.9 Å². The summed E-state index contributed by atoms with van der Waals surface area (Å²) < 4.78 is 37.3. The van der Waals surface area contributed by atoms with Gasteiger partial charge < -0.3 is 10.1 Å². The molecule has 5 nitrogen and oxygen atoms in total. The molecule has 3 rings (SSSR count). The maximum Gasteiger partial charge on any atom is 0.297 e. The number of para-hydroxylation sites is 1. The molecule has 1 aliphatic heterocycles. The molecule has 2 atom stereocenters. The Morgan fingerprint density at radius 3 is 2.63 bits per heavy atom. The molecule has 1 N–H and O–H groups in total. The van der Waals surface area contributed by atoms with Crippen LogP contribution in [-0.2, 0) is 14.3 Å². The van der Waals surface area contributed by atoms with E-state index in [2.05, 4.69) is 12.2 Å². The first kappa shape index (κ1) is 19.9. The summed E-state index contributed by atoms with van der Waals surface area (Å²) in [5, 5.41) is 3.46. The summed E-state index contributed by atoms with van der Waals surface area (Å²) in [4.78, 5) is 0.172. The lowest BCUT2D eigenvalue weighted by Gasteiger charge is -2.21. The first-order valence-electron chi connectivity index (χ1n) is 9.44. The molecule has 0 amide bonds. The quantitative estimate of drug-likeness (QED) is 0.573. The molecular formula is C21H27NO4S. The van der Waals surface area contributed by atoms with E-state index in [1.807, 2.05) is 31.2 Å². The molecule has 0 bridgehead atoms. The Hall–Kier alpha value is -1.89. The van der Waals surface area contributed by atoms with E-state index < -0.39 is 16.2 Å². The van der Waals surface area contributed by atoms with E-state index in [1.165, 1.54) is 0 Å². The highest BCUT2D eigenvalue weighted by molar-refractivity contribution is 7.86. The topological polar surface area (TPSA) is 64.6 Å². The first-order valence-corrected chi connectivity index (χ1v) is 10.9. The van der Waals surface area contributed by atoms with Crippen LogP contribution in [0.15, 0.2) is 53.4 Å². The Labute approximate surface area is 161 Å². The third-order valence-electron chi connectivity index (χ3n) is 4.72. The fraction of sp³-hybridized carbons (Fsp3) is 0.429. The molecule has 146 valence electrons. The number of unbranched alkanes of at least 4 members (excludes halogenated alkanes) is 1. The van der Waals surface area contributed by atoms with E-state index >= 15 is 0 Å². The summed E-state index contributed by atoms with van der Waals surface area (Å²) in [7, 11) is -3.87. The summed E-state index contributed by atoms with van der Waals surface area (Å²) in [6.45, 7) is 5.42. The van der Waals surface area contributed by atoms with Gasteiger partial charge in [-0.15, -0.1) is 0 Å². The highest BCUT2D eigenvalue weighted by atomic mass is 32.2. The normalized spacial score (nSPS) is 19.8. The molecule has 27 heavy (non-hydrogen) atoms. The van der Waals surface area contributed by atoms with Gasteiger partial charge in [0.15, 0.2) is 0 Å². The Morgan fingerprint density at radius 2 is 1.89 bits per heavy atom. The number of hydrogen-bond donors (Lipinski definition) is 1. The second-order valence-corrected chi connectivity index (χ2v) is 8.51. The fourth-order valence-corrected chi connectivity index (χ4v) is 4.22. The minimum absolute atomic E-state index is 0.0298. The van der Waals surface area contributed by atoms with Crippen molar-refractivity contribution in [3.8, 4) is 5.75 Å². The monoisotopic (exact) mass is 389 g/mol. The van der Waals surface area contributed by atoms with Crippen LogP contribution in [0.25, 0.3) is 0 Å². The van der Waals surface area contributed by atoms with Crippen molar-refractivity contribution in [2.24, 2.45) is 0 Å². The maximum atomic E-state index is 12.8. The van der Waals surface area contributed by atoms with E-state index in [9.17, 15) is 8.42 Å². The van der Waals surface area contributed by atoms with Gasteiger partial charge in [-0.3, -0.25) is 4.18 Å². The van der Waals surface area contributed by atoms with Gasteiger partial charge in [-0.2, -0.15) is 8.42 Å². The third-order valence-corrected chi connectivity index (χ3v) is 6.06. The summed E-state index contributed by atoms with van der Waals surface area (Å²) >= 11 is 0. The van der Waals surface area contributed by atoms with Gasteiger partial charge in [0, 0.05) is 11.6 Å². The molecular weight excluding hydrogens is 362 g/mol. The summed E-state index contributed by atoms with van der Waals surface area (Å²) in [6.07, 6.45) is 2.11. The minimum Gasteiger partial charge on any atom is -0.492 e. The third kappa shape index (κ3) is 5.09. The van der Waals surface area contributed by atoms with Crippen LogP contribution in [0, 0.1) is 6.92 Å². The molecule has 2 aromatic rings. The van der Waals surface area contributed by atoms with Crippen molar-refractivity contribution in [2.45, 2.75) is 50.2 Å². The standard InChI is InChI=1S/C21H27NO4S/c1-3-4-13-22-17-14-21(19-7-5-6-8-20(19)25-15-17)26-27(23,24)18-11-9-16(2)10-12-18/h5-12,17,21-22H,3-4,13-15H2,1-2H3/t17-,21+/m0/s1. The van der Waals surface area contributed by atoms with Crippen LogP contribution in [0.4, 0.5) is 0 Å². The van der Waals surface area contributed by atoms with Gasteiger partial charge in [0.1, 0.15) is 18.5 Å². The lowest BCUT2D eigenvalue weighted by molar-refractivity contribution is 0.181. The lowest BCUT2D eigenvalue weighted by atomic mass is 10.0. The van der Waals surface area contributed by atoms with Gasteiger partial charge in [0.2, 0.25) is 0 Å². The second-order valence-electron chi connectivity index (χ2n) is 6.94. The summed E-state index contributed by atoms with van der Waals surface area (Å²) in [5.41, 5.74) is 1.77. The van der Waals surface area contributed by atoms with Crippen molar-refractivity contribution >= 4 is 10.1 Å². The lowest BCUT2D eigenvalue weighted by Crippen LogP contribution is -2.36. The van der Waals surface area contributed by atoms with Crippen LogP contribution in [0.5, 0.6) is 5.75 Å². The molecule has 0 spiro atoms. The molecule has 1 heterocycles. The van der Waals surface area contributed by atoms with Crippen LogP contribution in [0.2, 0.25) is 0 Å². The van der Waals surface area contributed by atoms with Gasteiger partial charge in [-0.25, -0.2) is 0 Å². The number of hydrogen-bond acceptors (Lipinski definition) is 5. The van der Waals surface area contributed by atoms with Crippen molar-refractivity contribution in [1.82, 2.24) is 5.32 Å². The highest BCUT2D eigenvalue weighted by Gasteiger charge is 2.30. The van der Waals surface area contributed by atoms with E-state index in [0.29, 0.717) is 18.8 Å². The molecule has 0 saturated heterocycles. The predicted molar refractivity (Wildman–Crippen MR) is 105 cm³/mol. The Balaban J connectivity index is 1.84. The molecule has 1 aliphatic rings. The smallest absolute Gasteiger partial charge is 0.297 e. The van der Waals surface area contributed by atoms with Crippen molar-refractivity contribution in [2.75, 3.05) is 13.2 Å². The number of aryl methyl sites for hydroxylation is 1. The molecule has 0 unspecified atom stereocenters. The van der Waals surface area contributed by atoms with E-state index in [0.717, 1.165) is 30.5 Å². The van der Waals surface area contributed by atoms with Crippen molar-refractivity contribution in [3.05, 3.63) is 59.7 Å². The van der Waals surface area contributed by atoms with Crippen LogP contribution in [0.1, 0.15) is 43.4 Å². The number of benzene rings is 2. The zero-order chi connectivity index (χ0) is 19.3. The van der Waals surface area contributed by atoms with E-state index in [1.54, 1.807) is 24.3 Å². The zero-order valence-corrected chi connectivity index (χ0v) is 16.7. The van der Waals surface area contributed by atoms with Gasteiger partial charge in [-0.1, -0.05) is 49.2 Å². The van der Waals surface area contributed by atoms with Crippen LogP contribution >= 0.6 is 0 Å². The van der Waals surface area contributed by atoms with Crippen molar-refractivity contribution < 1.29 is 17.3 Å². The zero-order valence-electron chi connectivity index (χ0n) is 15.9. The van der Waals surface area contributed by atoms with Crippen LogP contribution in [-0.4, -0.2) is 27.6 Å². The van der Waals surface area contributed by atoms with Crippen molar-refractivity contribution in [3.63, 3.8) is 0 Å². The summed E-state index contributed by atoms with van der Waals surface area (Å²) in [6, 6.07) is 14.2. The second kappa shape index (κ2) is 8.87. The van der Waals surface area contributed by atoms with E-state index in [4.69, 9.17) is 8.92 Å². The molecule has 0 radical (unpaired) electrons. The number of rotatable bonds is 7. The Kier molecular flexibility index (Phi) is 6.52. The summed E-state index contributed by atoms with van der Waals surface area (Å²) in [5.74, 6) is 0.682. The van der Waals surface area contributed by atoms with Crippen LogP contribution in [0.3, 0.4) is 0 Å². The molecule has 0 fully saturated rings. The maximum absolute atomic E-state index is 12.8. The molecule has 0 aromatic heterocycles. The molecule has 6 heteroatoms. The average Bonchev–Trinajstić information content (AvgIpc) is 2.82. The average molecular weight is 390 g/mol. The van der Waals surface area contributed by atoms with Crippen molar-refractivity contribution in [1.29, 1.82) is 0 Å².